The summed E-state index contributed by atoms with van der Waals surface area (Å²) in [5, 5.41) is 2.73. The van der Waals surface area contributed by atoms with Crippen molar-refractivity contribution in [1.29, 1.82) is 0 Å². The molecule has 2 saturated heterocycles. The number of fused-ring (bicyclic) bond motifs is 1. The average Bonchev–Trinajstić information content (AvgIpc) is 3.20. The van der Waals surface area contributed by atoms with Gasteiger partial charge in [0.1, 0.15) is 4.90 Å². The Morgan fingerprint density at radius 2 is 2.15 bits per heavy atom. The van der Waals surface area contributed by atoms with E-state index in [4.69, 9.17) is 4.74 Å². The molecule has 1 amide bonds. The van der Waals surface area contributed by atoms with Crippen molar-refractivity contribution < 1.29 is 26.7 Å². The summed E-state index contributed by atoms with van der Waals surface area (Å²) < 4.78 is 58.3. The molecule has 3 fully saturated rings. The first-order chi connectivity index (χ1) is 12.8. The Bertz CT molecular complexity index is 813. The molecule has 4 rings (SSSR count). The molecule has 1 aliphatic carbocycles. The third kappa shape index (κ3) is 3.57. The summed E-state index contributed by atoms with van der Waals surface area (Å²) >= 11 is 0. The van der Waals surface area contributed by atoms with E-state index in [-0.39, 0.29) is 35.3 Å². The lowest BCUT2D eigenvalue weighted by molar-refractivity contribution is -0.150. The largest absolute Gasteiger partial charge is 0.376 e. The van der Waals surface area contributed by atoms with Crippen LogP contribution in [0.15, 0.2) is 29.4 Å². The van der Waals surface area contributed by atoms with Crippen LogP contribution in [0.5, 0.6) is 0 Å². The fourth-order valence-corrected chi connectivity index (χ4v) is 5.50. The molecule has 2 aliphatic heterocycles. The quantitative estimate of drug-likeness (QED) is 0.791. The summed E-state index contributed by atoms with van der Waals surface area (Å²) in [4.78, 5) is 16.0. The standard InChI is InChI=1S/C17H21F2N3O4S/c18-17(19)4-11(5-17)16(23)21-6-12-10-26-15-9-22(8-14(12)15)27(24,25)13-2-1-3-20-7-13/h1-3,7,11-12,14-15H,4-6,8-10H2,(H,21,23)/t12-,14+,15+/m0/s1. The summed E-state index contributed by atoms with van der Waals surface area (Å²) in [6, 6.07) is 3.08. The molecule has 3 heterocycles. The predicted octanol–water partition coefficient (Wildman–Crippen LogP) is 0.879. The van der Waals surface area contributed by atoms with E-state index in [1.165, 1.54) is 22.8 Å². The summed E-state index contributed by atoms with van der Waals surface area (Å²) in [7, 11) is -3.64. The van der Waals surface area contributed by atoms with Gasteiger partial charge >= 0.3 is 0 Å². The van der Waals surface area contributed by atoms with Crippen LogP contribution in [0.1, 0.15) is 12.8 Å². The van der Waals surface area contributed by atoms with E-state index in [9.17, 15) is 22.0 Å². The lowest BCUT2D eigenvalue weighted by atomic mass is 9.80. The Balaban J connectivity index is 1.34. The first-order valence-electron chi connectivity index (χ1n) is 8.93. The lowest BCUT2D eigenvalue weighted by Gasteiger charge is -2.34. The van der Waals surface area contributed by atoms with E-state index < -0.39 is 34.7 Å². The Morgan fingerprint density at radius 3 is 2.81 bits per heavy atom. The summed E-state index contributed by atoms with van der Waals surface area (Å²) in [5.74, 6) is -3.78. The van der Waals surface area contributed by atoms with Gasteiger partial charge in [0.25, 0.3) is 0 Å². The molecule has 10 heteroatoms. The first-order valence-corrected chi connectivity index (χ1v) is 10.4. The van der Waals surface area contributed by atoms with Crippen molar-refractivity contribution >= 4 is 15.9 Å². The molecule has 0 spiro atoms. The van der Waals surface area contributed by atoms with E-state index in [0.29, 0.717) is 19.7 Å². The molecule has 148 valence electrons. The van der Waals surface area contributed by atoms with Gasteiger partial charge in [-0.05, 0) is 12.1 Å². The average molecular weight is 401 g/mol. The third-order valence-electron chi connectivity index (χ3n) is 5.68. The maximum atomic E-state index is 12.9. The molecule has 1 saturated carbocycles. The zero-order valence-corrected chi connectivity index (χ0v) is 15.4. The molecule has 0 aromatic carbocycles. The number of nitrogens with one attached hydrogen (secondary N) is 1. The number of sulfonamides is 1. The number of halogens is 2. The molecule has 0 radical (unpaired) electrons. The topological polar surface area (TPSA) is 88.6 Å². The van der Waals surface area contributed by atoms with Gasteiger partial charge in [-0.15, -0.1) is 0 Å². The molecule has 1 aromatic heterocycles. The molecule has 1 aromatic rings. The fourth-order valence-electron chi connectivity index (χ4n) is 4.04. The molecule has 1 N–H and O–H groups in total. The van der Waals surface area contributed by atoms with Crippen LogP contribution in [-0.4, -0.2) is 61.9 Å². The minimum Gasteiger partial charge on any atom is -0.376 e. The number of nitrogens with zero attached hydrogens (tertiary/aromatic N) is 2. The van der Waals surface area contributed by atoms with Crippen molar-refractivity contribution in [3.8, 4) is 0 Å². The summed E-state index contributed by atoms with van der Waals surface area (Å²) in [6.45, 7) is 1.31. The Labute approximate surface area is 156 Å². The van der Waals surface area contributed by atoms with Crippen molar-refractivity contribution in [2.75, 3.05) is 26.2 Å². The second kappa shape index (κ2) is 6.75. The highest BCUT2D eigenvalue weighted by atomic mass is 32.2. The van der Waals surface area contributed by atoms with Gasteiger partial charge < -0.3 is 10.1 Å². The second-order valence-electron chi connectivity index (χ2n) is 7.51. The summed E-state index contributed by atoms with van der Waals surface area (Å²) in [5.41, 5.74) is 0. The van der Waals surface area contributed by atoms with Crippen LogP contribution >= 0.6 is 0 Å². The van der Waals surface area contributed by atoms with Gasteiger partial charge in [-0.25, -0.2) is 17.2 Å². The molecule has 3 atom stereocenters. The number of carbonyl (C=O) groups is 1. The molecule has 3 aliphatic rings. The van der Waals surface area contributed by atoms with Crippen LogP contribution in [-0.2, 0) is 19.6 Å². The van der Waals surface area contributed by atoms with E-state index in [2.05, 4.69) is 10.3 Å². The van der Waals surface area contributed by atoms with Crippen LogP contribution < -0.4 is 5.32 Å². The SMILES string of the molecule is O=C(NC[C@H]1CO[C@@H]2CN(S(=O)(=O)c3cccnc3)C[C@H]12)C1CC(F)(F)C1. The monoisotopic (exact) mass is 401 g/mol. The predicted molar refractivity (Wildman–Crippen MR) is 90.4 cm³/mol. The molecular weight excluding hydrogens is 380 g/mol. The number of ether oxygens (including phenoxy) is 1. The van der Waals surface area contributed by atoms with E-state index in [1.807, 2.05) is 0 Å². The third-order valence-corrected chi connectivity index (χ3v) is 7.49. The smallest absolute Gasteiger partial charge is 0.249 e. The molecule has 27 heavy (non-hydrogen) atoms. The van der Waals surface area contributed by atoms with Crippen molar-refractivity contribution in [3.63, 3.8) is 0 Å². The maximum absolute atomic E-state index is 12.9. The highest BCUT2D eigenvalue weighted by molar-refractivity contribution is 7.89. The van der Waals surface area contributed by atoms with Gasteiger partial charge in [-0.1, -0.05) is 0 Å². The van der Waals surface area contributed by atoms with E-state index in [0.717, 1.165) is 0 Å². The number of pyridine rings is 1. The van der Waals surface area contributed by atoms with Gasteiger partial charge in [0.05, 0.1) is 12.7 Å². The van der Waals surface area contributed by atoms with Crippen LogP contribution in [0.2, 0.25) is 0 Å². The second-order valence-corrected chi connectivity index (χ2v) is 9.45. The number of alkyl halides is 2. The highest BCUT2D eigenvalue weighted by Crippen LogP contribution is 2.42. The molecular formula is C17H21F2N3O4S. The molecule has 7 nitrogen and oxygen atoms in total. The number of aromatic nitrogens is 1. The normalized spacial score (nSPS) is 30.7. The zero-order chi connectivity index (χ0) is 19.2. The zero-order valence-electron chi connectivity index (χ0n) is 14.6. The molecule has 0 bridgehead atoms. The number of amides is 1. The lowest BCUT2D eigenvalue weighted by Crippen LogP contribution is -2.46. The Kier molecular flexibility index (Phi) is 4.68. The van der Waals surface area contributed by atoms with Crippen molar-refractivity contribution in [2.24, 2.45) is 17.8 Å². The van der Waals surface area contributed by atoms with Crippen LogP contribution in [0.25, 0.3) is 0 Å². The Hall–Kier alpha value is -1.65. The van der Waals surface area contributed by atoms with Gasteiger partial charge in [-0.3, -0.25) is 9.78 Å². The fraction of sp³-hybridized carbons (Fsp3) is 0.647. The minimum atomic E-state index is -3.64. The highest BCUT2D eigenvalue weighted by Gasteiger charge is 2.50. The van der Waals surface area contributed by atoms with Gasteiger partial charge in [0.2, 0.25) is 21.9 Å². The number of rotatable bonds is 5. The minimum absolute atomic E-state index is 0.0282. The number of hydrogen-bond donors (Lipinski definition) is 1. The van der Waals surface area contributed by atoms with Crippen molar-refractivity contribution in [2.45, 2.75) is 29.8 Å². The maximum Gasteiger partial charge on any atom is 0.249 e. The van der Waals surface area contributed by atoms with E-state index >= 15 is 0 Å². The summed E-state index contributed by atoms with van der Waals surface area (Å²) in [6.07, 6.45) is 1.81. The van der Waals surface area contributed by atoms with Gasteiger partial charge in [0, 0.05) is 62.6 Å². The van der Waals surface area contributed by atoms with Crippen molar-refractivity contribution in [3.05, 3.63) is 24.5 Å². The Morgan fingerprint density at radius 1 is 1.37 bits per heavy atom. The van der Waals surface area contributed by atoms with Crippen LogP contribution in [0.3, 0.4) is 0 Å². The van der Waals surface area contributed by atoms with Crippen LogP contribution in [0, 0.1) is 17.8 Å². The van der Waals surface area contributed by atoms with Crippen LogP contribution in [0.4, 0.5) is 8.78 Å². The van der Waals surface area contributed by atoms with E-state index in [1.54, 1.807) is 6.07 Å². The van der Waals surface area contributed by atoms with Crippen molar-refractivity contribution in [1.82, 2.24) is 14.6 Å². The first kappa shape index (κ1) is 18.7. The van der Waals surface area contributed by atoms with Gasteiger partial charge in [0.15, 0.2) is 0 Å². The van der Waals surface area contributed by atoms with Gasteiger partial charge in [-0.2, -0.15) is 4.31 Å². The molecule has 0 unspecified atom stereocenters. The number of hydrogen-bond acceptors (Lipinski definition) is 5. The number of carbonyl (C=O) groups excluding carboxylic acids is 1.